The molecule has 2 aromatic carbocycles. The lowest BCUT2D eigenvalue weighted by Crippen LogP contribution is -2.01. The van der Waals surface area contributed by atoms with Crippen LogP contribution in [0, 0.1) is 13.0 Å². The van der Waals surface area contributed by atoms with Crippen molar-refractivity contribution in [3.63, 3.8) is 0 Å². The largest absolute Gasteiger partial charge is 0.218 e. The molecule has 1 radical (unpaired) electrons. The molecule has 0 saturated heterocycles. The molecule has 0 aromatic heterocycles. The normalized spacial score (nSPS) is 11.3. The number of rotatable bonds is 2. The van der Waals surface area contributed by atoms with E-state index in [4.69, 9.17) is 0 Å². The van der Waals surface area contributed by atoms with E-state index in [1.807, 2.05) is 6.92 Å². The molecule has 2 aromatic rings. The highest BCUT2D eigenvalue weighted by molar-refractivity contribution is 7.91. The monoisotopic (exact) mass is 231 g/mol. The molecular formula is C13H11O2S. The Morgan fingerprint density at radius 3 is 2.25 bits per heavy atom. The first-order valence-electron chi connectivity index (χ1n) is 4.89. The maximum atomic E-state index is 12.1. The van der Waals surface area contributed by atoms with Crippen LogP contribution >= 0.6 is 0 Å². The van der Waals surface area contributed by atoms with Gasteiger partial charge < -0.3 is 0 Å². The van der Waals surface area contributed by atoms with Crippen molar-refractivity contribution >= 4 is 9.84 Å². The third kappa shape index (κ3) is 1.99. The molecule has 0 saturated carbocycles. The Kier molecular flexibility index (Phi) is 2.79. The summed E-state index contributed by atoms with van der Waals surface area (Å²) < 4.78 is 24.2. The highest BCUT2D eigenvalue weighted by Gasteiger charge is 2.16. The topological polar surface area (TPSA) is 34.1 Å². The highest BCUT2D eigenvalue weighted by Crippen LogP contribution is 2.19. The van der Waals surface area contributed by atoms with Gasteiger partial charge in [0, 0.05) is 6.07 Å². The van der Waals surface area contributed by atoms with Crippen molar-refractivity contribution in [2.24, 2.45) is 0 Å². The molecular weight excluding hydrogens is 220 g/mol. The van der Waals surface area contributed by atoms with E-state index in [9.17, 15) is 8.42 Å². The van der Waals surface area contributed by atoms with E-state index in [1.54, 1.807) is 48.5 Å². The molecule has 2 rings (SSSR count). The van der Waals surface area contributed by atoms with Crippen LogP contribution in [0.4, 0.5) is 0 Å². The van der Waals surface area contributed by atoms with Crippen LogP contribution in [0.5, 0.6) is 0 Å². The van der Waals surface area contributed by atoms with Crippen LogP contribution in [0.1, 0.15) is 5.56 Å². The maximum Gasteiger partial charge on any atom is 0.207 e. The molecule has 0 atom stereocenters. The van der Waals surface area contributed by atoms with E-state index < -0.39 is 9.84 Å². The molecule has 0 heterocycles. The second kappa shape index (κ2) is 4.10. The van der Waals surface area contributed by atoms with Crippen LogP contribution in [-0.4, -0.2) is 8.42 Å². The van der Waals surface area contributed by atoms with Crippen LogP contribution in [0.3, 0.4) is 0 Å². The van der Waals surface area contributed by atoms with Crippen LogP contribution in [0.2, 0.25) is 0 Å². The van der Waals surface area contributed by atoms with Crippen LogP contribution in [-0.2, 0) is 9.84 Å². The van der Waals surface area contributed by atoms with Crippen molar-refractivity contribution in [2.45, 2.75) is 16.7 Å². The minimum Gasteiger partial charge on any atom is -0.218 e. The summed E-state index contributed by atoms with van der Waals surface area (Å²) in [5.74, 6) is 0. The Morgan fingerprint density at radius 2 is 1.69 bits per heavy atom. The molecule has 0 spiro atoms. The van der Waals surface area contributed by atoms with Crippen molar-refractivity contribution in [3.05, 3.63) is 60.2 Å². The minimum absolute atomic E-state index is 0.207. The third-order valence-corrected chi connectivity index (χ3v) is 4.03. The van der Waals surface area contributed by atoms with E-state index in [0.717, 1.165) is 5.56 Å². The number of hydrogen-bond donors (Lipinski definition) is 0. The van der Waals surface area contributed by atoms with E-state index in [0.29, 0.717) is 4.90 Å². The predicted molar refractivity (Wildman–Crippen MR) is 61.9 cm³/mol. The number of sulfone groups is 1. The SMILES string of the molecule is Cc1ccc(S(=O)(=O)c2[c]cccc2)cc1. The van der Waals surface area contributed by atoms with Crippen molar-refractivity contribution in [1.29, 1.82) is 0 Å². The number of hydrogen-bond acceptors (Lipinski definition) is 2. The Labute approximate surface area is 95.5 Å². The number of benzene rings is 2. The zero-order valence-electron chi connectivity index (χ0n) is 8.84. The first kappa shape index (κ1) is 10.9. The minimum atomic E-state index is -3.41. The zero-order valence-corrected chi connectivity index (χ0v) is 9.66. The molecule has 0 aliphatic carbocycles. The highest BCUT2D eigenvalue weighted by atomic mass is 32.2. The molecule has 0 N–H and O–H groups in total. The van der Waals surface area contributed by atoms with Gasteiger partial charge in [-0.05, 0) is 25.1 Å². The van der Waals surface area contributed by atoms with Gasteiger partial charge in [0.25, 0.3) is 0 Å². The number of aryl methyl sites for hydroxylation is 1. The van der Waals surface area contributed by atoms with Crippen LogP contribution < -0.4 is 0 Å². The van der Waals surface area contributed by atoms with E-state index in [1.165, 1.54) is 0 Å². The van der Waals surface area contributed by atoms with Gasteiger partial charge in [0.1, 0.15) is 0 Å². The molecule has 81 valence electrons. The second-order valence-electron chi connectivity index (χ2n) is 3.54. The van der Waals surface area contributed by atoms with Crippen molar-refractivity contribution in [1.82, 2.24) is 0 Å². The quantitative estimate of drug-likeness (QED) is 0.796. The van der Waals surface area contributed by atoms with Gasteiger partial charge in [0.15, 0.2) is 0 Å². The lowest BCUT2D eigenvalue weighted by Gasteiger charge is -2.03. The smallest absolute Gasteiger partial charge is 0.207 e. The molecule has 2 nitrogen and oxygen atoms in total. The van der Waals surface area contributed by atoms with Crippen molar-refractivity contribution in [2.75, 3.05) is 0 Å². The molecule has 0 aliphatic rings. The lowest BCUT2D eigenvalue weighted by atomic mass is 10.2. The van der Waals surface area contributed by atoms with Gasteiger partial charge in [0.05, 0.1) is 9.79 Å². The van der Waals surface area contributed by atoms with Crippen LogP contribution in [0.25, 0.3) is 0 Å². The average Bonchev–Trinajstić information content (AvgIpc) is 2.31. The maximum absolute atomic E-state index is 12.1. The molecule has 0 unspecified atom stereocenters. The van der Waals surface area contributed by atoms with Gasteiger partial charge in [-0.25, -0.2) is 8.42 Å². The predicted octanol–water partition coefficient (Wildman–Crippen LogP) is 2.63. The summed E-state index contributed by atoms with van der Waals surface area (Å²) in [7, 11) is -3.41. The standard InChI is InChI=1S/C13H11O2S/c1-11-7-9-13(10-8-11)16(14,15)12-5-3-2-4-6-12/h2-5,7-10H,1H3. The van der Waals surface area contributed by atoms with Gasteiger partial charge >= 0.3 is 0 Å². The van der Waals surface area contributed by atoms with Gasteiger partial charge in [-0.2, -0.15) is 0 Å². The Bertz CT molecular complexity index is 569. The second-order valence-corrected chi connectivity index (χ2v) is 5.46. The molecule has 0 aliphatic heterocycles. The summed E-state index contributed by atoms with van der Waals surface area (Å²) in [6.45, 7) is 1.92. The zero-order chi connectivity index (χ0) is 11.6. The lowest BCUT2D eigenvalue weighted by molar-refractivity contribution is 0.596. The van der Waals surface area contributed by atoms with E-state index in [-0.39, 0.29) is 4.90 Å². The Balaban J connectivity index is 2.52. The summed E-state index contributed by atoms with van der Waals surface area (Å²) in [6, 6.07) is 16.1. The van der Waals surface area contributed by atoms with Gasteiger partial charge in [0.2, 0.25) is 9.84 Å². The van der Waals surface area contributed by atoms with Crippen molar-refractivity contribution in [3.8, 4) is 0 Å². The van der Waals surface area contributed by atoms with E-state index >= 15 is 0 Å². The van der Waals surface area contributed by atoms with Gasteiger partial charge in [-0.1, -0.05) is 35.9 Å². The van der Waals surface area contributed by atoms with Gasteiger partial charge in [-0.3, -0.25) is 0 Å². The third-order valence-electron chi connectivity index (χ3n) is 2.30. The summed E-state index contributed by atoms with van der Waals surface area (Å²) >= 11 is 0. The average molecular weight is 231 g/mol. The fraction of sp³-hybridized carbons (Fsp3) is 0.0769. The molecule has 16 heavy (non-hydrogen) atoms. The molecule has 3 heteroatoms. The molecule has 0 bridgehead atoms. The van der Waals surface area contributed by atoms with Gasteiger partial charge in [-0.15, -0.1) is 0 Å². The van der Waals surface area contributed by atoms with Crippen molar-refractivity contribution < 1.29 is 8.42 Å². The fourth-order valence-electron chi connectivity index (χ4n) is 1.39. The first-order valence-corrected chi connectivity index (χ1v) is 6.37. The fourth-order valence-corrected chi connectivity index (χ4v) is 2.62. The molecule has 0 fully saturated rings. The summed E-state index contributed by atoms with van der Waals surface area (Å²) in [4.78, 5) is 0.513. The summed E-state index contributed by atoms with van der Waals surface area (Å²) in [5, 5.41) is 0. The summed E-state index contributed by atoms with van der Waals surface area (Å²) in [5.41, 5.74) is 1.04. The van der Waals surface area contributed by atoms with E-state index in [2.05, 4.69) is 6.07 Å². The van der Waals surface area contributed by atoms with Crippen LogP contribution in [0.15, 0.2) is 58.3 Å². The Hall–Kier alpha value is -1.61. The summed E-state index contributed by atoms with van der Waals surface area (Å²) in [6.07, 6.45) is 0. The Morgan fingerprint density at radius 1 is 1.00 bits per heavy atom. The molecule has 0 amide bonds. The first-order chi connectivity index (χ1) is 7.60.